The third-order valence-corrected chi connectivity index (χ3v) is 5.10. The minimum atomic E-state index is -5.08. The first-order chi connectivity index (χ1) is 16.8. The zero-order valence-corrected chi connectivity index (χ0v) is 19.2. The van der Waals surface area contributed by atoms with Crippen LogP contribution < -0.4 is 0 Å². The number of halogens is 6. The highest BCUT2D eigenvalue weighted by Crippen LogP contribution is 2.21. The number of aryl methyl sites for hydroxylation is 1. The summed E-state index contributed by atoms with van der Waals surface area (Å²) in [6, 6.07) is 11.1. The standard InChI is InChI=1S/C19H25N3.2C2HF3O2/c1-3-13-21-18(7-1)9-10-19-8-2-4-14-22(19)15-11-17-6-5-12-20-16-17;2*3-2(4,5)1(6)7/h1,3,5-7,12-13,16,19H,2,4,8-11,14-15H2;2*(H,6,7). The quantitative estimate of drug-likeness (QED) is 0.526. The predicted molar refractivity (Wildman–Crippen MR) is 117 cm³/mol. The molecule has 2 N–H and O–H groups in total. The normalized spacial score (nSPS) is 16.1. The lowest BCUT2D eigenvalue weighted by Gasteiger charge is -2.35. The van der Waals surface area contributed by atoms with E-state index in [4.69, 9.17) is 19.8 Å². The summed E-state index contributed by atoms with van der Waals surface area (Å²) < 4.78 is 63.5. The first kappa shape index (κ1) is 30.8. The van der Waals surface area contributed by atoms with E-state index >= 15 is 0 Å². The summed E-state index contributed by atoms with van der Waals surface area (Å²) in [4.78, 5) is 29.1. The van der Waals surface area contributed by atoms with Crippen molar-refractivity contribution in [1.29, 1.82) is 0 Å². The van der Waals surface area contributed by atoms with Crippen LogP contribution in [0, 0.1) is 0 Å². The molecule has 36 heavy (non-hydrogen) atoms. The lowest BCUT2D eigenvalue weighted by atomic mass is 9.96. The van der Waals surface area contributed by atoms with E-state index in [1.807, 2.05) is 30.7 Å². The average molecular weight is 523 g/mol. The molecule has 0 amide bonds. The van der Waals surface area contributed by atoms with Crippen LogP contribution in [0.5, 0.6) is 0 Å². The molecular weight excluding hydrogens is 496 g/mol. The van der Waals surface area contributed by atoms with Gasteiger partial charge in [-0.1, -0.05) is 18.6 Å². The van der Waals surface area contributed by atoms with E-state index in [0.29, 0.717) is 6.04 Å². The summed E-state index contributed by atoms with van der Waals surface area (Å²) in [6.07, 6.45) is 3.04. The maximum absolute atomic E-state index is 10.6. The van der Waals surface area contributed by atoms with Gasteiger partial charge in [0, 0.05) is 36.9 Å². The van der Waals surface area contributed by atoms with Crippen molar-refractivity contribution in [1.82, 2.24) is 14.9 Å². The van der Waals surface area contributed by atoms with E-state index in [2.05, 4.69) is 33.1 Å². The molecule has 7 nitrogen and oxygen atoms in total. The molecule has 200 valence electrons. The first-order valence-electron chi connectivity index (χ1n) is 10.9. The SMILES string of the molecule is O=C(O)C(F)(F)F.O=C(O)C(F)(F)F.c1ccc(CCC2CCCCN2CCc2cccnc2)nc1. The Morgan fingerprint density at radius 3 is 2.06 bits per heavy atom. The summed E-state index contributed by atoms with van der Waals surface area (Å²) in [5.41, 5.74) is 2.57. The van der Waals surface area contributed by atoms with Crippen LogP contribution in [-0.2, 0) is 22.4 Å². The van der Waals surface area contributed by atoms with Crippen LogP contribution in [-0.4, -0.2) is 68.5 Å². The maximum Gasteiger partial charge on any atom is 0.490 e. The Bertz CT molecular complexity index is 836. The highest BCUT2D eigenvalue weighted by Gasteiger charge is 2.38. The summed E-state index contributed by atoms with van der Waals surface area (Å²) in [6.45, 7) is 2.39. The number of pyridine rings is 2. The second-order valence-electron chi connectivity index (χ2n) is 7.76. The van der Waals surface area contributed by atoms with Crippen LogP contribution in [0.4, 0.5) is 26.3 Å². The van der Waals surface area contributed by atoms with Crippen molar-refractivity contribution in [3.63, 3.8) is 0 Å². The number of rotatable bonds is 6. The van der Waals surface area contributed by atoms with Gasteiger partial charge in [-0.2, -0.15) is 26.3 Å². The number of hydrogen-bond acceptors (Lipinski definition) is 5. The monoisotopic (exact) mass is 523 g/mol. The fourth-order valence-electron chi connectivity index (χ4n) is 3.36. The van der Waals surface area contributed by atoms with E-state index in [0.717, 1.165) is 19.4 Å². The van der Waals surface area contributed by atoms with E-state index in [1.165, 1.54) is 43.5 Å². The largest absolute Gasteiger partial charge is 0.490 e. The van der Waals surface area contributed by atoms with Crippen molar-refractivity contribution >= 4 is 11.9 Å². The van der Waals surface area contributed by atoms with Crippen molar-refractivity contribution < 1.29 is 46.1 Å². The Morgan fingerprint density at radius 1 is 0.917 bits per heavy atom. The van der Waals surface area contributed by atoms with Crippen LogP contribution in [0.25, 0.3) is 0 Å². The zero-order chi connectivity index (χ0) is 27.2. The van der Waals surface area contributed by atoms with Crippen molar-refractivity contribution in [2.45, 2.75) is 56.9 Å². The van der Waals surface area contributed by atoms with Crippen molar-refractivity contribution in [3.8, 4) is 0 Å². The topological polar surface area (TPSA) is 104 Å². The molecular formula is C23H27F6N3O4. The van der Waals surface area contributed by atoms with Gasteiger partial charge in [-0.3, -0.25) is 9.97 Å². The van der Waals surface area contributed by atoms with Crippen LogP contribution in [0.3, 0.4) is 0 Å². The predicted octanol–water partition coefficient (Wildman–Crippen LogP) is 4.77. The molecule has 1 fully saturated rings. The van der Waals surface area contributed by atoms with E-state index in [9.17, 15) is 26.3 Å². The van der Waals surface area contributed by atoms with Gasteiger partial charge in [-0.05, 0) is 62.4 Å². The number of carboxylic acids is 2. The maximum atomic E-state index is 10.6. The number of likely N-dealkylation sites (tertiary alicyclic amines) is 1. The molecule has 1 aliphatic rings. The molecule has 3 heterocycles. The number of nitrogens with zero attached hydrogens (tertiary/aromatic N) is 3. The Balaban J connectivity index is 0.000000383. The van der Waals surface area contributed by atoms with Gasteiger partial charge in [-0.15, -0.1) is 0 Å². The fraction of sp³-hybridized carbons (Fsp3) is 0.478. The third-order valence-electron chi connectivity index (χ3n) is 5.10. The molecule has 1 saturated heterocycles. The highest BCUT2D eigenvalue weighted by atomic mass is 19.4. The lowest BCUT2D eigenvalue weighted by Crippen LogP contribution is -2.41. The van der Waals surface area contributed by atoms with Crippen LogP contribution in [0.15, 0.2) is 48.9 Å². The Kier molecular flexibility index (Phi) is 12.9. The van der Waals surface area contributed by atoms with Gasteiger partial charge in [0.25, 0.3) is 0 Å². The number of alkyl halides is 6. The van der Waals surface area contributed by atoms with Crippen molar-refractivity contribution in [2.75, 3.05) is 13.1 Å². The second-order valence-corrected chi connectivity index (χ2v) is 7.76. The zero-order valence-electron chi connectivity index (χ0n) is 19.2. The van der Waals surface area contributed by atoms with E-state index in [1.54, 1.807) is 0 Å². The number of aliphatic carboxylic acids is 2. The molecule has 0 aromatic carbocycles. The minimum absolute atomic E-state index is 0.715. The van der Waals surface area contributed by atoms with E-state index < -0.39 is 24.3 Å². The van der Waals surface area contributed by atoms with E-state index in [-0.39, 0.29) is 0 Å². The van der Waals surface area contributed by atoms with Crippen LogP contribution in [0.1, 0.15) is 36.9 Å². The second kappa shape index (κ2) is 15.0. The van der Waals surface area contributed by atoms with Gasteiger partial charge in [0.15, 0.2) is 0 Å². The lowest BCUT2D eigenvalue weighted by molar-refractivity contribution is -0.193. The summed E-state index contributed by atoms with van der Waals surface area (Å²) >= 11 is 0. The summed E-state index contributed by atoms with van der Waals surface area (Å²) in [7, 11) is 0. The third kappa shape index (κ3) is 13.0. The Morgan fingerprint density at radius 2 is 1.56 bits per heavy atom. The smallest absolute Gasteiger partial charge is 0.475 e. The molecule has 0 radical (unpaired) electrons. The average Bonchev–Trinajstić information content (AvgIpc) is 2.83. The molecule has 0 saturated carbocycles. The molecule has 1 unspecified atom stereocenters. The number of carboxylic acid groups (broad SMARTS) is 2. The minimum Gasteiger partial charge on any atom is -0.475 e. The first-order valence-corrected chi connectivity index (χ1v) is 10.9. The molecule has 0 spiro atoms. The molecule has 0 bridgehead atoms. The van der Waals surface area contributed by atoms with Gasteiger partial charge in [-0.25, -0.2) is 9.59 Å². The molecule has 3 rings (SSSR count). The van der Waals surface area contributed by atoms with Gasteiger partial charge in [0.2, 0.25) is 0 Å². The van der Waals surface area contributed by atoms with Crippen molar-refractivity contribution in [2.24, 2.45) is 0 Å². The van der Waals surface area contributed by atoms with Gasteiger partial charge in [0.05, 0.1) is 0 Å². The highest BCUT2D eigenvalue weighted by molar-refractivity contribution is 5.73. The van der Waals surface area contributed by atoms with Gasteiger partial charge in [0.1, 0.15) is 0 Å². The summed E-state index contributed by atoms with van der Waals surface area (Å²) in [5.74, 6) is -5.51. The van der Waals surface area contributed by atoms with Gasteiger partial charge >= 0.3 is 24.3 Å². The molecule has 0 aliphatic carbocycles. The molecule has 2 aromatic heterocycles. The molecule has 1 atom stereocenters. The molecule has 13 heteroatoms. The van der Waals surface area contributed by atoms with Gasteiger partial charge < -0.3 is 15.1 Å². The number of carbonyl (C=O) groups is 2. The Labute approximate surface area is 203 Å². The number of aromatic nitrogens is 2. The summed E-state index contributed by atoms with van der Waals surface area (Å²) in [5, 5.41) is 14.2. The number of hydrogen-bond donors (Lipinski definition) is 2. The van der Waals surface area contributed by atoms with Crippen molar-refractivity contribution in [3.05, 3.63) is 60.2 Å². The Hall–Kier alpha value is -3.22. The van der Waals surface area contributed by atoms with Crippen LogP contribution >= 0.6 is 0 Å². The fourth-order valence-corrected chi connectivity index (χ4v) is 3.36. The van der Waals surface area contributed by atoms with Crippen LogP contribution in [0.2, 0.25) is 0 Å². The molecule has 2 aromatic rings. The number of piperidine rings is 1. The molecule has 1 aliphatic heterocycles.